The van der Waals surface area contributed by atoms with Gasteiger partial charge in [-0.3, -0.25) is 9.59 Å². The molecule has 0 aromatic heterocycles. The van der Waals surface area contributed by atoms with Gasteiger partial charge in [-0.15, -0.1) is 0 Å². The number of fused-ring (bicyclic) bond motifs is 2. The zero-order chi connectivity index (χ0) is 48.1. The number of esters is 1. The summed E-state index contributed by atoms with van der Waals surface area (Å²) in [5.74, 6) is -5.01. The van der Waals surface area contributed by atoms with Crippen molar-refractivity contribution in [2.75, 3.05) is 13.2 Å². The first-order valence-corrected chi connectivity index (χ1v) is 22.5. The second-order valence-corrected chi connectivity index (χ2v) is 17.3. The van der Waals surface area contributed by atoms with Crippen LogP contribution in [0.2, 0.25) is 0 Å². The Morgan fingerprint density at radius 3 is 1.94 bits per heavy atom. The maximum Gasteiger partial charge on any atom is 0.308 e. The van der Waals surface area contributed by atoms with E-state index in [9.17, 15) is 60.7 Å². The van der Waals surface area contributed by atoms with Gasteiger partial charge in [0.25, 0.3) is 0 Å². The molecule has 18 nitrogen and oxygen atoms in total. The van der Waals surface area contributed by atoms with E-state index in [1.54, 1.807) is 68.5 Å². The molecule has 3 aliphatic rings. The van der Waals surface area contributed by atoms with Crippen LogP contribution in [0.5, 0.6) is 0 Å². The highest BCUT2D eigenvalue weighted by Gasteiger charge is 2.50. The second kappa shape index (κ2) is 28.7. The third kappa shape index (κ3) is 20.1. The number of aliphatic hydroxyl groups is 10. The molecule has 368 valence electrons. The van der Waals surface area contributed by atoms with Crippen molar-refractivity contribution in [3.63, 3.8) is 0 Å². The molecule has 1 amide bonds. The summed E-state index contributed by atoms with van der Waals surface area (Å²) in [6.07, 6.45) is 6.19. The van der Waals surface area contributed by atoms with E-state index < -0.39 is 135 Å². The van der Waals surface area contributed by atoms with E-state index >= 15 is 0 Å². The lowest BCUT2D eigenvalue weighted by atomic mass is 9.82. The summed E-state index contributed by atoms with van der Waals surface area (Å²) in [7, 11) is 0. The van der Waals surface area contributed by atoms with Crippen molar-refractivity contribution in [1.82, 2.24) is 5.32 Å². The Bertz CT molecular complexity index is 1640. The first-order valence-electron chi connectivity index (χ1n) is 22.5. The number of carbonyl (C=O) groups is 2. The van der Waals surface area contributed by atoms with Crippen LogP contribution in [0, 0.1) is 11.8 Å². The Morgan fingerprint density at radius 2 is 1.32 bits per heavy atom. The molecule has 3 heterocycles. The van der Waals surface area contributed by atoms with Gasteiger partial charge in [-0.05, 0) is 33.1 Å². The minimum atomic E-state index is -2.24. The number of cyclic esters (lactones) is 1. The van der Waals surface area contributed by atoms with Crippen LogP contribution in [-0.2, 0) is 28.5 Å². The van der Waals surface area contributed by atoms with E-state index in [2.05, 4.69) is 5.32 Å². The quantitative estimate of drug-likeness (QED) is 0.167. The lowest BCUT2D eigenvalue weighted by Crippen LogP contribution is -2.59. The smallest absolute Gasteiger partial charge is 0.308 e. The normalized spacial score (nSPS) is 43.1. The highest BCUT2D eigenvalue weighted by atomic mass is 16.7. The van der Waals surface area contributed by atoms with Crippen LogP contribution in [0.3, 0.4) is 0 Å². The number of aliphatic hydroxyl groups excluding tert-OH is 9. The molecule has 2 saturated heterocycles. The molecule has 0 radical (unpaired) electrons. The molecule has 3 rings (SSSR count). The first-order chi connectivity index (χ1) is 30.8. The fraction of sp³-hybridized carbons (Fsp3) is 0.660. The van der Waals surface area contributed by atoms with Gasteiger partial charge in [-0.2, -0.15) is 0 Å². The van der Waals surface area contributed by atoms with Crippen molar-refractivity contribution < 1.29 is 79.6 Å². The molecule has 6 unspecified atom stereocenters. The molecule has 0 spiro atoms. The molecule has 65 heavy (non-hydrogen) atoms. The summed E-state index contributed by atoms with van der Waals surface area (Å²) >= 11 is 0. The minimum absolute atomic E-state index is 0.0846. The Balaban J connectivity index is 1.87. The number of nitrogens with two attached hydrogens (primary N) is 1. The lowest BCUT2D eigenvalue weighted by Gasteiger charge is -2.45. The number of hydrogen-bond donors (Lipinski definition) is 12. The molecule has 0 saturated carbocycles. The largest absolute Gasteiger partial charge is 0.462 e. The van der Waals surface area contributed by atoms with Gasteiger partial charge < -0.3 is 81.1 Å². The summed E-state index contributed by atoms with van der Waals surface area (Å²) in [5.41, 5.74) is 5.98. The number of hydrogen-bond acceptors (Lipinski definition) is 17. The second-order valence-electron chi connectivity index (χ2n) is 17.3. The molecule has 0 aromatic rings. The average molecular weight is 923 g/mol. The summed E-state index contributed by atoms with van der Waals surface area (Å²) < 4.78 is 23.2. The van der Waals surface area contributed by atoms with Crippen molar-refractivity contribution in [1.29, 1.82) is 0 Å². The van der Waals surface area contributed by atoms with Crippen molar-refractivity contribution in [3.05, 3.63) is 85.1 Å². The predicted molar refractivity (Wildman–Crippen MR) is 239 cm³/mol. The van der Waals surface area contributed by atoms with E-state index in [-0.39, 0.29) is 51.2 Å². The first kappa shape index (κ1) is 55.9. The van der Waals surface area contributed by atoms with Crippen LogP contribution in [0.4, 0.5) is 0 Å². The van der Waals surface area contributed by atoms with E-state index in [0.717, 1.165) is 0 Å². The number of allylic oxidation sites excluding steroid dienone is 12. The maximum absolute atomic E-state index is 13.3. The summed E-state index contributed by atoms with van der Waals surface area (Å²) in [6.45, 7) is 5.13. The van der Waals surface area contributed by atoms with Crippen molar-refractivity contribution in [2.24, 2.45) is 17.6 Å². The van der Waals surface area contributed by atoms with Crippen molar-refractivity contribution in [2.45, 2.75) is 170 Å². The van der Waals surface area contributed by atoms with Gasteiger partial charge >= 0.3 is 5.97 Å². The molecule has 2 fully saturated rings. The monoisotopic (exact) mass is 923 g/mol. The topological polar surface area (TPSA) is 311 Å². The Hall–Kier alpha value is -3.44. The Labute approximate surface area is 381 Å². The van der Waals surface area contributed by atoms with Gasteiger partial charge in [0, 0.05) is 44.6 Å². The molecule has 17 atom stereocenters. The summed E-state index contributed by atoms with van der Waals surface area (Å²) in [4.78, 5) is 25.8. The standard InChI is InChI=1S/C47H74N2O16/c1-4-49-45(60)42-38(56)27-47(61)26-33(52)23-37(55)35(53)20-19-31(50)22-32(51)24-41(58)63-30(3)21-36(54)29(2)17-15-13-11-9-7-5-6-8-10-12-14-16-18-34(25-40(42)65-47)64-46-44(59)43(48)39(57)28-62-46/h5-18,29-40,42-44,46,50-57,59,61H,4,19-28,48H2,1-3H3,(H,49,60)/b6-5+,9-7+,10-8+,13-11+,14-12+,17-15+,18-16+/t29-,30-,31?,32?,33?,34?,35?,36-,37+,38-,39+,40-,42+,43-,44+,46-,47?/m0/s1. The van der Waals surface area contributed by atoms with Crippen LogP contribution in [0.25, 0.3) is 0 Å². The van der Waals surface area contributed by atoms with Gasteiger partial charge in [0.2, 0.25) is 5.91 Å². The van der Waals surface area contributed by atoms with Crippen LogP contribution < -0.4 is 11.1 Å². The fourth-order valence-electron chi connectivity index (χ4n) is 7.80. The molecule has 0 aliphatic carbocycles. The van der Waals surface area contributed by atoms with Gasteiger partial charge in [-0.25, -0.2) is 0 Å². The van der Waals surface area contributed by atoms with E-state index in [0.29, 0.717) is 0 Å². The maximum atomic E-state index is 13.3. The Morgan fingerprint density at radius 1 is 0.723 bits per heavy atom. The highest BCUT2D eigenvalue weighted by Crippen LogP contribution is 2.38. The predicted octanol–water partition coefficient (Wildman–Crippen LogP) is 0.129. The summed E-state index contributed by atoms with van der Waals surface area (Å²) in [6, 6.07) is -1.10. The fourth-order valence-corrected chi connectivity index (χ4v) is 7.80. The van der Waals surface area contributed by atoms with Crippen LogP contribution in [0.1, 0.15) is 78.6 Å². The van der Waals surface area contributed by atoms with Gasteiger partial charge in [0.1, 0.15) is 12.2 Å². The van der Waals surface area contributed by atoms with Crippen LogP contribution in [0.15, 0.2) is 85.1 Å². The molecular formula is C47H74N2O16. The number of ether oxygens (including phenoxy) is 4. The average Bonchev–Trinajstić information content (AvgIpc) is 3.21. The van der Waals surface area contributed by atoms with Gasteiger partial charge in [0.15, 0.2) is 12.1 Å². The SMILES string of the molecule is CCNC(=O)[C@H]1[C@@H]2CC(O[C@@H]3OC[C@@H](O)[C@H](N)[C@H]3O)/C=C/C=C/C=C/C=C/C=C/C=C/C=C/[C@H](C)[C@@H](O)C[C@H](C)OC(=O)CC(O)CC(O)CCC(O)[C@H](O)CC(O)CC(O)(C[C@@H]1O)O2. The zero-order valence-corrected chi connectivity index (χ0v) is 37.6. The van der Waals surface area contributed by atoms with E-state index in [4.69, 9.17) is 24.7 Å². The van der Waals surface area contributed by atoms with Crippen LogP contribution in [-0.4, -0.2) is 167 Å². The number of rotatable bonds is 4. The minimum Gasteiger partial charge on any atom is -0.462 e. The molecule has 3 aliphatic heterocycles. The van der Waals surface area contributed by atoms with Crippen molar-refractivity contribution >= 4 is 11.9 Å². The molecular weight excluding hydrogens is 849 g/mol. The van der Waals surface area contributed by atoms with Crippen LogP contribution >= 0.6 is 0 Å². The van der Waals surface area contributed by atoms with Gasteiger partial charge in [0.05, 0.1) is 86.0 Å². The molecule has 13 N–H and O–H groups in total. The zero-order valence-electron chi connectivity index (χ0n) is 37.6. The molecule has 0 aromatic carbocycles. The van der Waals surface area contributed by atoms with Crippen molar-refractivity contribution in [3.8, 4) is 0 Å². The van der Waals surface area contributed by atoms with Gasteiger partial charge in [-0.1, -0.05) is 92.0 Å². The van der Waals surface area contributed by atoms with E-state index in [1.807, 2.05) is 37.3 Å². The number of carbonyl (C=O) groups excluding carboxylic acids is 2. The lowest BCUT2D eigenvalue weighted by molar-refractivity contribution is -0.304. The van der Waals surface area contributed by atoms with E-state index in [1.165, 1.54) is 0 Å². The number of amides is 1. The third-order valence-electron chi connectivity index (χ3n) is 11.4. The third-order valence-corrected chi connectivity index (χ3v) is 11.4. The number of nitrogens with one attached hydrogen (secondary N) is 1. The summed E-state index contributed by atoms with van der Waals surface area (Å²) in [5, 5.41) is 111. The molecule has 18 heteroatoms. The molecule has 2 bridgehead atoms. The highest BCUT2D eigenvalue weighted by molar-refractivity contribution is 5.80. The Kier molecular flexibility index (Phi) is 24.7.